The first-order valence-electron chi connectivity index (χ1n) is 8.65. The molecule has 1 aliphatic heterocycles. The Morgan fingerprint density at radius 2 is 2.17 bits per heavy atom. The largest absolute Gasteiger partial charge is 0.372 e. The number of aryl methyl sites for hydroxylation is 2. The first kappa shape index (κ1) is 16.4. The van der Waals surface area contributed by atoms with Gasteiger partial charge in [0.2, 0.25) is 0 Å². The zero-order chi connectivity index (χ0) is 16.8. The third-order valence-corrected chi connectivity index (χ3v) is 4.26. The number of nitrogens with zero attached hydrogens (tertiary/aromatic N) is 1. The van der Waals surface area contributed by atoms with Crippen LogP contribution in [0, 0.1) is 6.92 Å². The van der Waals surface area contributed by atoms with Gasteiger partial charge >= 0.3 is 0 Å². The number of aromatic nitrogens is 1. The fourth-order valence-corrected chi connectivity index (χ4v) is 2.94. The Morgan fingerprint density at radius 1 is 1.25 bits per heavy atom. The molecule has 126 valence electrons. The highest BCUT2D eigenvalue weighted by Crippen LogP contribution is 2.19. The zero-order valence-electron chi connectivity index (χ0n) is 14.4. The van der Waals surface area contributed by atoms with E-state index in [9.17, 15) is 0 Å². The molecule has 3 N–H and O–H groups in total. The molecule has 0 unspecified atom stereocenters. The smallest absolute Gasteiger partial charge is 0.129 e. The van der Waals surface area contributed by atoms with Crippen LogP contribution in [0.5, 0.6) is 0 Å². The van der Waals surface area contributed by atoms with Gasteiger partial charge in [0.1, 0.15) is 5.82 Å². The van der Waals surface area contributed by atoms with E-state index in [1.807, 2.05) is 0 Å². The number of rotatable bonds is 7. The quantitative estimate of drug-likeness (QED) is 0.733. The van der Waals surface area contributed by atoms with E-state index in [0.29, 0.717) is 0 Å². The molecule has 4 heteroatoms. The van der Waals surface area contributed by atoms with Crippen LogP contribution in [0.1, 0.15) is 28.8 Å². The lowest BCUT2D eigenvalue weighted by Gasteiger charge is -2.17. The van der Waals surface area contributed by atoms with E-state index in [1.165, 1.54) is 23.1 Å². The van der Waals surface area contributed by atoms with Crippen molar-refractivity contribution in [3.8, 4) is 0 Å². The van der Waals surface area contributed by atoms with Gasteiger partial charge in [-0.15, -0.1) is 0 Å². The third-order valence-electron chi connectivity index (χ3n) is 4.26. The highest BCUT2D eigenvalue weighted by molar-refractivity contribution is 5.47. The lowest BCUT2D eigenvalue weighted by Crippen LogP contribution is -2.27. The van der Waals surface area contributed by atoms with E-state index in [-0.39, 0.29) is 0 Å². The van der Waals surface area contributed by atoms with Gasteiger partial charge in [0, 0.05) is 31.7 Å². The monoisotopic (exact) mass is 322 g/mol. The molecule has 2 aromatic rings. The number of hydrogen-bond acceptors (Lipinski definition) is 4. The van der Waals surface area contributed by atoms with Gasteiger partial charge in [-0.1, -0.05) is 42.5 Å². The van der Waals surface area contributed by atoms with Crippen molar-refractivity contribution < 1.29 is 0 Å². The molecule has 0 saturated carbocycles. The predicted octanol–water partition coefficient (Wildman–Crippen LogP) is 3.14. The molecule has 1 aliphatic rings. The van der Waals surface area contributed by atoms with Crippen LogP contribution in [0.2, 0.25) is 0 Å². The topological polar surface area (TPSA) is 49.0 Å². The van der Waals surface area contributed by atoms with Crippen LogP contribution < -0.4 is 16.0 Å². The Labute approximate surface area is 144 Å². The van der Waals surface area contributed by atoms with Gasteiger partial charge in [-0.2, -0.15) is 0 Å². The highest BCUT2D eigenvalue weighted by Gasteiger charge is 2.09. The molecule has 0 atom stereocenters. The highest BCUT2D eigenvalue weighted by atomic mass is 15.1. The molecule has 0 bridgehead atoms. The van der Waals surface area contributed by atoms with Crippen LogP contribution in [0.15, 0.2) is 48.8 Å². The maximum atomic E-state index is 4.71. The fraction of sp³-hybridized carbons (Fsp3) is 0.350. The maximum Gasteiger partial charge on any atom is 0.129 e. The van der Waals surface area contributed by atoms with Crippen molar-refractivity contribution in [1.82, 2.24) is 15.6 Å². The molecular weight excluding hydrogens is 296 g/mol. The summed E-state index contributed by atoms with van der Waals surface area (Å²) in [5.74, 6) is 1.92. The molecule has 0 aliphatic carbocycles. The molecule has 24 heavy (non-hydrogen) atoms. The molecule has 1 aromatic heterocycles. The van der Waals surface area contributed by atoms with Crippen molar-refractivity contribution in [2.24, 2.45) is 0 Å². The minimum atomic E-state index is 0.786. The summed E-state index contributed by atoms with van der Waals surface area (Å²) in [7, 11) is 0. The van der Waals surface area contributed by atoms with Crippen molar-refractivity contribution in [2.75, 3.05) is 18.4 Å². The van der Waals surface area contributed by atoms with Gasteiger partial charge in [0.25, 0.3) is 0 Å². The number of fused-ring (bicyclic) bond motifs is 1. The van der Waals surface area contributed by atoms with E-state index in [0.717, 1.165) is 49.8 Å². The van der Waals surface area contributed by atoms with Gasteiger partial charge < -0.3 is 16.0 Å². The Balaban J connectivity index is 1.42. The number of hydrogen-bond donors (Lipinski definition) is 3. The Kier molecular flexibility index (Phi) is 5.36. The summed E-state index contributed by atoms with van der Waals surface area (Å²) in [4.78, 5) is 4.71. The number of nitrogens with one attached hydrogen (secondary N) is 3. The summed E-state index contributed by atoms with van der Waals surface area (Å²) in [6.07, 6.45) is 3.22. The molecule has 0 amide bonds. The Morgan fingerprint density at radius 3 is 3.04 bits per heavy atom. The predicted molar refractivity (Wildman–Crippen MR) is 99.9 cm³/mol. The summed E-state index contributed by atoms with van der Waals surface area (Å²) in [5.41, 5.74) is 4.99. The first-order valence-corrected chi connectivity index (χ1v) is 8.65. The van der Waals surface area contributed by atoms with E-state index < -0.39 is 0 Å². The number of benzene rings is 1. The maximum absolute atomic E-state index is 4.71. The van der Waals surface area contributed by atoms with Crippen LogP contribution >= 0.6 is 0 Å². The molecule has 1 aromatic carbocycles. The SMILES string of the molecule is C=C(NCCc1ccc2c(n1)NCCC2)NCc1cccc(C)c1. The molecule has 0 spiro atoms. The third kappa shape index (κ3) is 4.51. The van der Waals surface area contributed by atoms with E-state index in [2.05, 4.69) is 65.9 Å². The van der Waals surface area contributed by atoms with E-state index in [4.69, 9.17) is 4.98 Å². The summed E-state index contributed by atoms with van der Waals surface area (Å²) in [6, 6.07) is 12.8. The summed E-state index contributed by atoms with van der Waals surface area (Å²) in [6.45, 7) is 8.79. The first-order chi connectivity index (χ1) is 11.7. The zero-order valence-corrected chi connectivity index (χ0v) is 14.4. The van der Waals surface area contributed by atoms with Crippen LogP contribution in [0.4, 0.5) is 5.82 Å². The lowest BCUT2D eigenvalue weighted by molar-refractivity contribution is 0.676. The standard InChI is InChI=1S/C20H26N4/c1-15-5-3-6-17(13-15)14-23-16(2)21-12-10-19-9-8-18-7-4-11-22-20(18)24-19/h3,5-6,8-9,13,21,23H,2,4,7,10-12,14H2,1H3,(H,22,24). The number of pyridine rings is 1. The van der Waals surface area contributed by atoms with E-state index in [1.54, 1.807) is 0 Å². The molecule has 0 saturated heterocycles. The van der Waals surface area contributed by atoms with Crippen molar-refractivity contribution in [3.05, 3.63) is 71.2 Å². The number of anilines is 1. The van der Waals surface area contributed by atoms with Crippen LogP contribution in [0.25, 0.3) is 0 Å². The second kappa shape index (κ2) is 7.86. The summed E-state index contributed by atoms with van der Waals surface area (Å²) >= 11 is 0. The Bertz CT molecular complexity index is 709. The van der Waals surface area contributed by atoms with Gasteiger partial charge in [-0.3, -0.25) is 0 Å². The van der Waals surface area contributed by atoms with Crippen molar-refractivity contribution in [1.29, 1.82) is 0 Å². The normalized spacial score (nSPS) is 12.9. The summed E-state index contributed by atoms with van der Waals surface area (Å²) in [5, 5.41) is 10.0. The van der Waals surface area contributed by atoms with Crippen LogP contribution in [0.3, 0.4) is 0 Å². The van der Waals surface area contributed by atoms with Gasteiger partial charge in [-0.05, 0) is 37.0 Å². The van der Waals surface area contributed by atoms with E-state index >= 15 is 0 Å². The molecule has 2 heterocycles. The van der Waals surface area contributed by atoms with Crippen LogP contribution in [-0.2, 0) is 19.4 Å². The molecule has 4 nitrogen and oxygen atoms in total. The average Bonchev–Trinajstić information content (AvgIpc) is 2.60. The summed E-state index contributed by atoms with van der Waals surface area (Å²) < 4.78 is 0. The molecule has 0 radical (unpaired) electrons. The Hall–Kier alpha value is -2.49. The van der Waals surface area contributed by atoms with Gasteiger partial charge in [0.15, 0.2) is 0 Å². The molecule has 0 fully saturated rings. The lowest BCUT2D eigenvalue weighted by atomic mass is 10.1. The second-order valence-corrected chi connectivity index (χ2v) is 6.34. The minimum absolute atomic E-state index is 0.786. The molecular formula is C20H26N4. The van der Waals surface area contributed by atoms with Crippen molar-refractivity contribution >= 4 is 5.82 Å². The average molecular weight is 322 g/mol. The minimum Gasteiger partial charge on any atom is -0.372 e. The van der Waals surface area contributed by atoms with Crippen molar-refractivity contribution in [3.63, 3.8) is 0 Å². The fourth-order valence-electron chi connectivity index (χ4n) is 2.94. The van der Waals surface area contributed by atoms with Gasteiger partial charge in [-0.25, -0.2) is 4.98 Å². The van der Waals surface area contributed by atoms with Gasteiger partial charge in [0.05, 0.1) is 5.82 Å². The second-order valence-electron chi connectivity index (χ2n) is 6.34. The van der Waals surface area contributed by atoms with Crippen LogP contribution in [-0.4, -0.2) is 18.1 Å². The van der Waals surface area contributed by atoms with Crippen molar-refractivity contribution in [2.45, 2.75) is 32.7 Å². The molecule has 3 rings (SSSR count).